The summed E-state index contributed by atoms with van der Waals surface area (Å²) in [4.78, 5) is 0. The third-order valence-electron chi connectivity index (χ3n) is 4.19. The van der Waals surface area contributed by atoms with Crippen molar-refractivity contribution in [2.45, 2.75) is 19.3 Å². The fraction of sp³-hybridized carbons (Fsp3) is 0.368. The first-order valence-electron chi connectivity index (χ1n) is 8.16. The quantitative estimate of drug-likeness (QED) is 0.719. The van der Waals surface area contributed by atoms with E-state index in [1.54, 1.807) is 0 Å². The van der Waals surface area contributed by atoms with Gasteiger partial charge in [0, 0.05) is 32.1 Å². The van der Waals surface area contributed by atoms with E-state index in [-0.39, 0.29) is 18.5 Å². The van der Waals surface area contributed by atoms with E-state index in [2.05, 4.69) is 34.9 Å². The number of aliphatic hydroxyl groups is 1. The Morgan fingerprint density at radius 2 is 1.83 bits per heavy atom. The van der Waals surface area contributed by atoms with E-state index in [0.29, 0.717) is 19.1 Å². The first-order valence-corrected chi connectivity index (χ1v) is 8.16. The van der Waals surface area contributed by atoms with Gasteiger partial charge in [0.25, 0.3) is 0 Å². The number of β-amino-alcohol motifs (C(OH)–C–C–N with tert-alkyl or cyclic N) is 1. The number of ether oxygens (including phenoxy) is 1. The van der Waals surface area contributed by atoms with E-state index in [1.807, 2.05) is 30.3 Å². The average molecular weight is 349 g/mol. The molecule has 24 heavy (non-hydrogen) atoms. The Kier molecular flexibility index (Phi) is 7.53. The average Bonchev–Trinajstić information content (AvgIpc) is 3.00. The van der Waals surface area contributed by atoms with Crippen molar-refractivity contribution in [3.8, 4) is 5.75 Å². The van der Waals surface area contributed by atoms with Crippen LogP contribution in [0.4, 0.5) is 0 Å². The van der Waals surface area contributed by atoms with Crippen LogP contribution < -0.4 is 15.4 Å². The molecule has 2 atom stereocenters. The number of halogens is 1. The van der Waals surface area contributed by atoms with Gasteiger partial charge >= 0.3 is 0 Å². The van der Waals surface area contributed by atoms with Gasteiger partial charge in [-0.3, -0.25) is 0 Å². The van der Waals surface area contributed by atoms with Crippen molar-refractivity contribution >= 4 is 12.4 Å². The van der Waals surface area contributed by atoms with Crippen LogP contribution in [0.1, 0.15) is 11.1 Å². The van der Waals surface area contributed by atoms with Gasteiger partial charge in [-0.1, -0.05) is 42.5 Å². The van der Waals surface area contributed by atoms with Gasteiger partial charge in [0.15, 0.2) is 0 Å². The van der Waals surface area contributed by atoms with Crippen molar-refractivity contribution in [3.63, 3.8) is 0 Å². The lowest BCUT2D eigenvalue weighted by atomic mass is 10.1. The summed E-state index contributed by atoms with van der Waals surface area (Å²) in [5.74, 6) is 1.18. The van der Waals surface area contributed by atoms with Gasteiger partial charge in [-0.05, 0) is 23.3 Å². The van der Waals surface area contributed by atoms with Crippen molar-refractivity contribution in [3.05, 3.63) is 65.7 Å². The summed E-state index contributed by atoms with van der Waals surface area (Å²) in [5.41, 5.74) is 2.36. The SMILES string of the molecule is Cl.OC1CNCC1CNCc1cccc(OCc2ccccc2)c1. The summed E-state index contributed by atoms with van der Waals surface area (Å²) < 4.78 is 5.85. The van der Waals surface area contributed by atoms with Crippen LogP contribution in [0.25, 0.3) is 0 Å². The highest BCUT2D eigenvalue weighted by Crippen LogP contribution is 2.15. The summed E-state index contributed by atoms with van der Waals surface area (Å²) in [6.45, 7) is 3.77. The van der Waals surface area contributed by atoms with E-state index in [0.717, 1.165) is 25.4 Å². The normalized spacial score (nSPS) is 19.7. The zero-order valence-corrected chi connectivity index (χ0v) is 14.5. The Bertz CT molecular complexity index is 609. The molecule has 0 aliphatic carbocycles. The fourth-order valence-electron chi connectivity index (χ4n) is 2.82. The van der Waals surface area contributed by atoms with Crippen LogP contribution in [0.5, 0.6) is 5.75 Å². The number of hydrogen-bond donors (Lipinski definition) is 3. The Hall–Kier alpha value is -1.59. The van der Waals surface area contributed by atoms with Gasteiger partial charge in [-0.15, -0.1) is 12.4 Å². The molecule has 130 valence electrons. The van der Waals surface area contributed by atoms with E-state index in [9.17, 15) is 5.11 Å². The number of aliphatic hydroxyl groups excluding tert-OH is 1. The molecule has 5 heteroatoms. The van der Waals surface area contributed by atoms with Crippen molar-refractivity contribution in [2.75, 3.05) is 19.6 Å². The molecule has 4 nitrogen and oxygen atoms in total. The van der Waals surface area contributed by atoms with Gasteiger partial charge in [-0.2, -0.15) is 0 Å². The first kappa shape index (κ1) is 18.7. The smallest absolute Gasteiger partial charge is 0.120 e. The van der Waals surface area contributed by atoms with Gasteiger partial charge < -0.3 is 20.5 Å². The number of benzene rings is 2. The van der Waals surface area contributed by atoms with Crippen LogP contribution in [0.15, 0.2) is 54.6 Å². The Labute approximate surface area is 149 Å². The zero-order valence-electron chi connectivity index (χ0n) is 13.7. The van der Waals surface area contributed by atoms with Crippen molar-refractivity contribution < 1.29 is 9.84 Å². The van der Waals surface area contributed by atoms with Gasteiger partial charge in [0.1, 0.15) is 12.4 Å². The second kappa shape index (κ2) is 9.64. The third-order valence-corrected chi connectivity index (χ3v) is 4.19. The minimum atomic E-state index is -0.233. The zero-order chi connectivity index (χ0) is 15.9. The highest BCUT2D eigenvalue weighted by atomic mass is 35.5. The summed E-state index contributed by atoms with van der Waals surface area (Å²) >= 11 is 0. The summed E-state index contributed by atoms with van der Waals surface area (Å²) in [6, 6.07) is 18.3. The van der Waals surface area contributed by atoms with Crippen molar-refractivity contribution in [1.29, 1.82) is 0 Å². The second-order valence-electron chi connectivity index (χ2n) is 6.04. The molecule has 0 spiro atoms. The van der Waals surface area contributed by atoms with Gasteiger partial charge in [-0.25, -0.2) is 0 Å². The molecular formula is C19H25ClN2O2. The lowest BCUT2D eigenvalue weighted by Gasteiger charge is -2.14. The molecule has 1 saturated heterocycles. The van der Waals surface area contributed by atoms with Gasteiger partial charge in [0.05, 0.1) is 6.10 Å². The predicted octanol–water partition coefficient (Wildman–Crippen LogP) is 2.36. The fourth-order valence-corrected chi connectivity index (χ4v) is 2.82. The van der Waals surface area contributed by atoms with E-state index in [4.69, 9.17) is 4.74 Å². The van der Waals surface area contributed by atoms with E-state index < -0.39 is 0 Å². The summed E-state index contributed by atoms with van der Waals surface area (Å²) in [5, 5.41) is 16.4. The lowest BCUT2D eigenvalue weighted by Crippen LogP contribution is -2.30. The molecule has 0 bridgehead atoms. The monoisotopic (exact) mass is 348 g/mol. The van der Waals surface area contributed by atoms with Crippen molar-refractivity contribution in [1.82, 2.24) is 10.6 Å². The minimum absolute atomic E-state index is 0. The molecule has 3 N–H and O–H groups in total. The molecule has 1 aliphatic rings. The van der Waals surface area contributed by atoms with E-state index >= 15 is 0 Å². The topological polar surface area (TPSA) is 53.5 Å². The Morgan fingerprint density at radius 1 is 1.04 bits per heavy atom. The van der Waals surface area contributed by atoms with Crippen LogP contribution in [-0.4, -0.2) is 30.8 Å². The van der Waals surface area contributed by atoms with Crippen LogP contribution in [0.2, 0.25) is 0 Å². The molecular weight excluding hydrogens is 324 g/mol. The molecule has 0 radical (unpaired) electrons. The molecule has 2 unspecified atom stereocenters. The molecule has 2 aromatic carbocycles. The van der Waals surface area contributed by atoms with E-state index in [1.165, 1.54) is 11.1 Å². The molecule has 2 aromatic rings. The Balaban J connectivity index is 0.00000208. The minimum Gasteiger partial charge on any atom is -0.489 e. The van der Waals surface area contributed by atoms with Crippen LogP contribution in [0.3, 0.4) is 0 Å². The number of nitrogens with one attached hydrogen (secondary N) is 2. The molecule has 0 amide bonds. The molecule has 1 fully saturated rings. The van der Waals surface area contributed by atoms with Crippen LogP contribution >= 0.6 is 12.4 Å². The maximum Gasteiger partial charge on any atom is 0.120 e. The third kappa shape index (κ3) is 5.49. The van der Waals surface area contributed by atoms with Crippen LogP contribution in [0, 0.1) is 5.92 Å². The maximum atomic E-state index is 9.79. The highest BCUT2D eigenvalue weighted by molar-refractivity contribution is 5.85. The standard InChI is InChI=1S/C19H24N2O2.ClH/c22-19-13-21-12-17(19)11-20-10-16-7-4-8-18(9-16)23-14-15-5-2-1-3-6-15;/h1-9,17,19-22H,10-14H2;1H. The molecule has 0 aromatic heterocycles. The predicted molar refractivity (Wildman–Crippen MR) is 98.5 cm³/mol. The molecule has 3 rings (SSSR count). The number of rotatable bonds is 7. The highest BCUT2D eigenvalue weighted by Gasteiger charge is 2.23. The molecule has 1 heterocycles. The van der Waals surface area contributed by atoms with Crippen LogP contribution in [-0.2, 0) is 13.2 Å². The lowest BCUT2D eigenvalue weighted by molar-refractivity contribution is 0.146. The summed E-state index contributed by atoms with van der Waals surface area (Å²) in [6.07, 6.45) is -0.233. The first-order chi connectivity index (χ1) is 11.3. The number of hydrogen-bond acceptors (Lipinski definition) is 4. The summed E-state index contributed by atoms with van der Waals surface area (Å²) in [7, 11) is 0. The second-order valence-corrected chi connectivity index (χ2v) is 6.04. The van der Waals surface area contributed by atoms with Gasteiger partial charge in [0.2, 0.25) is 0 Å². The van der Waals surface area contributed by atoms with Crippen molar-refractivity contribution in [2.24, 2.45) is 5.92 Å². The largest absolute Gasteiger partial charge is 0.489 e. The maximum absolute atomic E-state index is 9.79. The Morgan fingerprint density at radius 3 is 2.58 bits per heavy atom. The molecule has 1 aliphatic heterocycles. The molecule has 0 saturated carbocycles.